The Morgan fingerprint density at radius 3 is 2.68 bits per heavy atom. The number of aromatic nitrogens is 4. The number of aryl methyl sites for hydroxylation is 1. The molecule has 3 heterocycles. The van der Waals surface area contributed by atoms with E-state index in [9.17, 15) is 18.7 Å². The Labute approximate surface area is 224 Å². The number of allylic oxidation sites excluding steroid dienone is 3. The number of halogens is 3. The van der Waals surface area contributed by atoms with E-state index in [4.69, 9.17) is 16.3 Å². The zero-order valence-corrected chi connectivity index (χ0v) is 22.3. The second kappa shape index (κ2) is 12.2. The maximum Gasteiger partial charge on any atom is 0.277 e. The van der Waals surface area contributed by atoms with Gasteiger partial charge < -0.3 is 9.84 Å². The van der Waals surface area contributed by atoms with Crippen LogP contribution in [0, 0.1) is 18.6 Å². The molecule has 0 saturated heterocycles. The van der Waals surface area contributed by atoms with E-state index in [1.807, 2.05) is 6.92 Å². The Morgan fingerprint density at radius 1 is 1.32 bits per heavy atom. The summed E-state index contributed by atoms with van der Waals surface area (Å²) in [5.41, 5.74) is 0.438. The minimum Gasteiger partial charge on any atom is -0.485 e. The normalized spacial score (nSPS) is 12.5. The summed E-state index contributed by atoms with van der Waals surface area (Å²) in [4.78, 5) is 29.8. The first kappa shape index (κ1) is 28.8. The lowest BCUT2D eigenvalue weighted by Crippen LogP contribution is -2.23. The molecule has 0 bridgehead atoms. The molecule has 8 nitrogen and oxygen atoms in total. The average molecular weight is 544 g/mol. The van der Waals surface area contributed by atoms with E-state index in [2.05, 4.69) is 26.5 Å². The van der Waals surface area contributed by atoms with Gasteiger partial charge in [-0.25, -0.2) is 18.7 Å². The summed E-state index contributed by atoms with van der Waals surface area (Å²) in [6.45, 7) is 10.5. The molecule has 3 aromatic heterocycles. The van der Waals surface area contributed by atoms with Crippen LogP contribution in [0.3, 0.4) is 0 Å². The lowest BCUT2D eigenvalue weighted by molar-refractivity contribution is 0.0684. The lowest BCUT2D eigenvalue weighted by Gasteiger charge is -2.17. The van der Waals surface area contributed by atoms with Gasteiger partial charge in [-0.05, 0) is 44.9 Å². The number of aliphatic hydroxyl groups is 1. The fourth-order valence-electron chi connectivity index (χ4n) is 3.51. The molecule has 0 fully saturated rings. The summed E-state index contributed by atoms with van der Waals surface area (Å²) in [6, 6.07) is 3.94. The fourth-order valence-corrected chi connectivity index (χ4v) is 3.71. The second-order valence-corrected chi connectivity index (χ2v) is 9.22. The predicted octanol–water partition coefficient (Wildman–Crippen LogP) is 5.16. The zero-order chi connectivity index (χ0) is 28.0. The van der Waals surface area contributed by atoms with Crippen LogP contribution in [0.1, 0.15) is 50.1 Å². The third-order valence-electron chi connectivity index (χ3n) is 5.45. The second-order valence-electron chi connectivity index (χ2n) is 8.84. The van der Waals surface area contributed by atoms with E-state index in [0.717, 1.165) is 6.20 Å². The van der Waals surface area contributed by atoms with Crippen molar-refractivity contribution in [3.8, 4) is 5.75 Å². The summed E-state index contributed by atoms with van der Waals surface area (Å²) >= 11 is 6.33. The molecule has 0 saturated carbocycles. The van der Waals surface area contributed by atoms with Crippen molar-refractivity contribution >= 4 is 23.5 Å². The van der Waals surface area contributed by atoms with Gasteiger partial charge in [-0.3, -0.25) is 19.3 Å². The zero-order valence-electron chi connectivity index (χ0n) is 21.5. The Morgan fingerprint density at radius 2 is 2.05 bits per heavy atom. The van der Waals surface area contributed by atoms with E-state index in [0.29, 0.717) is 41.0 Å². The van der Waals surface area contributed by atoms with Crippen LogP contribution in [0.15, 0.2) is 58.6 Å². The molecule has 0 spiro atoms. The highest BCUT2D eigenvalue weighted by atomic mass is 35.5. The van der Waals surface area contributed by atoms with Gasteiger partial charge in [-0.1, -0.05) is 25.1 Å². The quantitative estimate of drug-likeness (QED) is 0.280. The van der Waals surface area contributed by atoms with Crippen molar-refractivity contribution in [2.45, 2.75) is 52.9 Å². The molecule has 200 valence electrons. The Hall–Kier alpha value is -3.76. The van der Waals surface area contributed by atoms with Crippen LogP contribution in [0.25, 0.3) is 5.70 Å². The van der Waals surface area contributed by atoms with Crippen molar-refractivity contribution in [3.05, 3.63) is 98.7 Å². The van der Waals surface area contributed by atoms with E-state index < -0.39 is 22.8 Å². The van der Waals surface area contributed by atoms with Crippen LogP contribution < -0.4 is 10.3 Å². The minimum atomic E-state index is -1.18. The predicted molar refractivity (Wildman–Crippen MR) is 142 cm³/mol. The SMILES string of the molecule is C=C/C(=C(\C=NCc1ccnc(C(C)(C)O)n1)CC)n1c(C)cc(OCc2ncc(F)cc2F)c(Cl)c1=O. The first-order valence-corrected chi connectivity index (χ1v) is 12.1. The first-order chi connectivity index (χ1) is 18.0. The average Bonchev–Trinajstić information content (AvgIpc) is 2.87. The summed E-state index contributed by atoms with van der Waals surface area (Å²) in [6.07, 6.45) is 6.13. The molecule has 0 aliphatic heterocycles. The smallest absolute Gasteiger partial charge is 0.277 e. The Balaban J connectivity index is 1.90. The third kappa shape index (κ3) is 6.76. The molecule has 0 aliphatic rings. The number of aliphatic imine (C=N–C) groups is 1. The maximum absolute atomic E-state index is 13.9. The maximum atomic E-state index is 13.9. The molecular formula is C27H28ClF2N5O3. The van der Waals surface area contributed by atoms with Gasteiger partial charge in [0, 0.05) is 30.2 Å². The third-order valence-corrected chi connectivity index (χ3v) is 5.80. The molecule has 11 heteroatoms. The summed E-state index contributed by atoms with van der Waals surface area (Å²) in [5, 5.41) is 9.92. The molecule has 3 rings (SSSR count). The molecule has 1 N–H and O–H groups in total. The van der Waals surface area contributed by atoms with E-state index >= 15 is 0 Å². The summed E-state index contributed by atoms with van der Waals surface area (Å²) in [7, 11) is 0. The number of rotatable bonds is 10. The molecule has 38 heavy (non-hydrogen) atoms. The van der Waals surface area contributed by atoms with Gasteiger partial charge in [-0.15, -0.1) is 0 Å². The van der Waals surface area contributed by atoms with E-state index in [1.165, 1.54) is 16.7 Å². The standard InChI is InChI=1S/C27H28ClF2N5O3/c1-6-17(12-31-14-19-8-9-32-26(34-19)27(4,5)37)22(7-2)35-16(3)10-23(24(28)25(35)36)38-15-21-20(30)11-18(29)13-33-21/h7-13,37H,2,6,14-15H2,1,3-5H3/b22-17+,31-12?. The van der Waals surface area contributed by atoms with Crippen LogP contribution in [-0.2, 0) is 18.8 Å². The molecule has 0 atom stereocenters. The molecule has 0 radical (unpaired) electrons. The number of hydrogen-bond acceptors (Lipinski definition) is 7. The van der Waals surface area contributed by atoms with Crippen molar-refractivity contribution in [1.29, 1.82) is 0 Å². The van der Waals surface area contributed by atoms with Crippen LogP contribution >= 0.6 is 11.6 Å². The first-order valence-electron chi connectivity index (χ1n) is 11.7. The van der Waals surface area contributed by atoms with Crippen molar-refractivity contribution < 1.29 is 18.6 Å². The van der Waals surface area contributed by atoms with Crippen LogP contribution in [-0.4, -0.2) is 30.8 Å². The largest absolute Gasteiger partial charge is 0.485 e. The van der Waals surface area contributed by atoms with Gasteiger partial charge >= 0.3 is 0 Å². The minimum absolute atomic E-state index is 0.0393. The van der Waals surface area contributed by atoms with Gasteiger partial charge in [0.1, 0.15) is 34.5 Å². The molecule has 0 aromatic carbocycles. The molecule has 0 unspecified atom stereocenters. The van der Waals surface area contributed by atoms with Gasteiger partial charge in [-0.2, -0.15) is 0 Å². The number of ether oxygens (including phenoxy) is 1. The van der Waals surface area contributed by atoms with Crippen LogP contribution in [0.4, 0.5) is 8.78 Å². The number of nitrogens with zero attached hydrogens (tertiary/aromatic N) is 5. The summed E-state index contributed by atoms with van der Waals surface area (Å²) < 4.78 is 33.9. The number of hydrogen-bond donors (Lipinski definition) is 1. The molecule has 3 aromatic rings. The Bertz CT molecular complexity index is 1460. The number of pyridine rings is 2. The lowest BCUT2D eigenvalue weighted by atomic mass is 10.1. The van der Waals surface area contributed by atoms with Crippen molar-refractivity contribution in [1.82, 2.24) is 19.5 Å². The van der Waals surface area contributed by atoms with Crippen LogP contribution in [0.2, 0.25) is 5.02 Å². The topological polar surface area (TPSA) is 102 Å². The monoisotopic (exact) mass is 543 g/mol. The van der Waals surface area contributed by atoms with Gasteiger partial charge in [0.05, 0.1) is 24.1 Å². The Kier molecular flexibility index (Phi) is 9.24. The highest BCUT2D eigenvalue weighted by Gasteiger charge is 2.20. The van der Waals surface area contributed by atoms with Gasteiger partial charge in [0.2, 0.25) is 0 Å². The fraction of sp³-hybridized carbons (Fsp3) is 0.296. The van der Waals surface area contributed by atoms with Gasteiger partial charge in [0.25, 0.3) is 5.56 Å². The van der Waals surface area contributed by atoms with Crippen LogP contribution in [0.5, 0.6) is 5.75 Å². The summed E-state index contributed by atoms with van der Waals surface area (Å²) in [5.74, 6) is -1.34. The van der Waals surface area contributed by atoms with Crippen molar-refractivity contribution in [2.24, 2.45) is 4.99 Å². The van der Waals surface area contributed by atoms with Crippen molar-refractivity contribution in [2.75, 3.05) is 0 Å². The van der Waals surface area contributed by atoms with Gasteiger partial charge in [0.15, 0.2) is 11.6 Å². The van der Waals surface area contributed by atoms with E-state index in [1.54, 1.807) is 39.2 Å². The van der Waals surface area contributed by atoms with Crippen molar-refractivity contribution in [3.63, 3.8) is 0 Å². The molecule has 0 amide bonds. The highest BCUT2D eigenvalue weighted by molar-refractivity contribution is 6.31. The highest BCUT2D eigenvalue weighted by Crippen LogP contribution is 2.26. The molecular weight excluding hydrogens is 516 g/mol. The molecule has 0 aliphatic carbocycles. The van der Waals surface area contributed by atoms with E-state index in [-0.39, 0.29) is 29.6 Å².